The predicted molar refractivity (Wildman–Crippen MR) is 101 cm³/mol. The van der Waals surface area contributed by atoms with Crippen molar-refractivity contribution >= 4 is 35.2 Å². The normalized spacial score (nSPS) is 24.4. The molecule has 3 heterocycles. The van der Waals surface area contributed by atoms with Crippen molar-refractivity contribution in [2.24, 2.45) is 11.3 Å². The first-order valence-electron chi connectivity index (χ1n) is 9.65. The molecule has 4 amide bonds. The second-order valence-corrected chi connectivity index (χ2v) is 7.64. The van der Waals surface area contributed by atoms with E-state index in [1.165, 1.54) is 12.1 Å². The Kier molecular flexibility index (Phi) is 4.67. The first kappa shape index (κ1) is 19.8. The summed E-state index contributed by atoms with van der Waals surface area (Å²) in [6.45, 7) is 2.28. The fourth-order valence-corrected chi connectivity index (χ4v) is 4.75. The third-order valence-electron chi connectivity index (χ3n) is 6.11. The van der Waals surface area contributed by atoms with Crippen LogP contribution in [0.25, 0.3) is 0 Å². The Morgan fingerprint density at radius 1 is 1.30 bits per heavy atom. The molecule has 1 spiro atoms. The van der Waals surface area contributed by atoms with E-state index in [1.807, 2.05) is 4.90 Å². The molecule has 0 radical (unpaired) electrons. The van der Waals surface area contributed by atoms with Gasteiger partial charge < -0.3 is 9.64 Å². The molecule has 158 valence electrons. The molecule has 4 rings (SSSR count). The van der Waals surface area contributed by atoms with Crippen LogP contribution in [0.1, 0.15) is 25.3 Å². The Hall–Kier alpha value is -3.50. The number of esters is 1. The summed E-state index contributed by atoms with van der Waals surface area (Å²) >= 11 is 0. The van der Waals surface area contributed by atoms with Crippen LogP contribution in [0.5, 0.6) is 0 Å². The summed E-state index contributed by atoms with van der Waals surface area (Å²) in [7, 11) is 0. The second-order valence-electron chi connectivity index (χ2n) is 7.64. The summed E-state index contributed by atoms with van der Waals surface area (Å²) in [4.78, 5) is 62.6. The number of fused-ring (bicyclic) bond motifs is 4. The summed E-state index contributed by atoms with van der Waals surface area (Å²) in [5.74, 6) is -2.43. The number of rotatable bonds is 3. The monoisotopic (exact) mass is 416 g/mol. The number of anilines is 1. The molecule has 30 heavy (non-hydrogen) atoms. The molecule has 2 N–H and O–H groups in total. The van der Waals surface area contributed by atoms with E-state index in [0.717, 1.165) is 0 Å². The number of nitrogens with zero attached hydrogens (tertiary/aromatic N) is 2. The number of hydrogen-bond donors (Lipinski definition) is 2. The lowest BCUT2D eigenvalue weighted by Gasteiger charge is -2.53. The van der Waals surface area contributed by atoms with E-state index in [4.69, 9.17) is 4.74 Å². The van der Waals surface area contributed by atoms with E-state index in [1.54, 1.807) is 13.0 Å². The van der Waals surface area contributed by atoms with E-state index in [-0.39, 0.29) is 25.1 Å². The number of piperidine rings is 1. The van der Waals surface area contributed by atoms with Crippen molar-refractivity contribution in [2.45, 2.75) is 32.2 Å². The smallest absolute Gasteiger partial charge is 0.328 e. The van der Waals surface area contributed by atoms with Crippen molar-refractivity contribution in [3.63, 3.8) is 0 Å². The van der Waals surface area contributed by atoms with Gasteiger partial charge in [-0.25, -0.2) is 4.79 Å². The van der Waals surface area contributed by atoms with Gasteiger partial charge in [0.1, 0.15) is 0 Å². The van der Waals surface area contributed by atoms with E-state index in [2.05, 4.69) is 10.6 Å². The number of amides is 4. The van der Waals surface area contributed by atoms with Crippen molar-refractivity contribution in [1.82, 2.24) is 10.6 Å². The Balaban J connectivity index is 1.81. The predicted octanol–water partition coefficient (Wildman–Crippen LogP) is 0.651. The quantitative estimate of drug-likeness (QED) is 0.316. The minimum Gasteiger partial charge on any atom is -0.466 e. The minimum absolute atomic E-state index is 0.119. The zero-order valence-electron chi connectivity index (χ0n) is 16.2. The van der Waals surface area contributed by atoms with Gasteiger partial charge in [0.15, 0.2) is 5.41 Å². The largest absolute Gasteiger partial charge is 0.466 e. The highest BCUT2D eigenvalue weighted by molar-refractivity contribution is 6.20. The average molecular weight is 416 g/mol. The Labute approximate surface area is 170 Å². The molecule has 2 fully saturated rings. The molecule has 0 aromatic heterocycles. The minimum atomic E-state index is -1.69. The van der Waals surface area contributed by atoms with Gasteiger partial charge in [-0.05, 0) is 31.4 Å². The van der Waals surface area contributed by atoms with Crippen molar-refractivity contribution < 1.29 is 28.8 Å². The van der Waals surface area contributed by atoms with Gasteiger partial charge in [0, 0.05) is 30.8 Å². The van der Waals surface area contributed by atoms with Crippen LogP contribution in [0, 0.1) is 21.4 Å². The molecule has 3 aliphatic heterocycles. The van der Waals surface area contributed by atoms with Crippen LogP contribution in [-0.2, 0) is 25.5 Å². The second kappa shape index (κ2) is 7.08. The van der Waals surface area contributed by atoms with Gasteiger partial charge in [0.2, 0.25) is 11.8 Å². The lowest BCUT2D eigenvalue weighted by molar-refractivity contribution is -0.384. The number of nitro benzene ring substituents is 1. The van der Waals surface area contributed by atoms with Crippen LogP contribution in [0.4, 0.5) is 16.2 Å². The van der Waals surface area contributed by atoms with Gasteiger partial charge >= 0.3 is 12.0 Å². The van der Waals surface area contributed by atoms with E-state index >= 15 is 0 Å². The lowest BCUT2D eigenvalue weighted by atomic mass is 9.65. The molecular formula is C19H20N4O7. The fraction of sp³-hybridized carbons (Fsp3) is 0.474. The van der Waals surface area contributed by atoms with Gasteiger partial charge in [-0.15, -0.1) is 0 Å². The molecule has 0 aliphatic carbocycles. The van der Waals surface area contributed by atoms with Crippen molar-refractivity contribution in [3.05, 3.63) is 33.9 Å². The molecule has 2 saturated heterocycles. The number of non-ortho nitro benzene ring substituents is 1. The molecule has 11 nitrogen and oxygen atoms in total. The lowest BCUT2D eigenvalue weighted by Crippen LogP contribution is -2.72. The molecule has 11 heteroatoms. The van der Waals surface area contributed by atoms with Crippen LogP contribution in [0.3, 0.4) is 0 Å². The highest BCUT2D eigenvalue weighted by Crippen LogP contribution is 2.48. The summed E-state index contributed by atoms with van der Waals surface area (Å²) < 4.78 is 5.13. The number of benzene rings is 1. The van der Waals surface area contributed by atoms with E-state index in [0.29, 0.717) is 24.2 Å². The van der Waals surface area contributed by atoms with Crippen molar-refractivity contribution in [3.8, 4) is 0 Å². The van der Waals surface area contributed by atoms with Gasteiger partial charge in [-0.2, -0.15) is 0 Å². The molecule has 2 atom stereocenters. The highest BCUT2D eigenvalue weighted by Gasteiger charge is 2.61. The maximum absolute atomic E-state index is 13.0. The number of nitro groups is 1. The topological polar surface area (TPSA) is 148 Å². The highest BCUT2D eigenvalue weighted by atomic mass is 16.6. The van der Waals surface area contributed by atoms with Gasteiger partial charge in [0.05, 0.1) is 23.5 Å². The summed E-state index contributed by atoms with van der Waals surface area (Å²) in [6.07, 6.45) is 0.514. The maximum Gasteiger partial charge on any atom is 0.328 e. The summed E-state index contributed by atoms with van der Waals surface area (Å²) in [5.41, 5.74) is -0.705. The van der Waals surface area contributed by atoms with Crippen LogP contribution >= 0.6 is 0 Å². The van der Waals surface area contributed by atoms with Gasteiger partial charge in [-0.1, -0.05) is 0 Å². The van der Waals surface area contributed by atoms with Crippen molar-refractivity contribution in [2.75, 3.05) is 18.1 Å². The Morgan fingerprint density at radius 3 is 2.63 bits per heavy atom. The van der Waals surface area contributed by atoms with Crippen molar-refractivity contribution in [1.29, 1.82) is 0 Å². The number of urea groups is 1. The standard InChI is InChI=1S/C19H20N4O7/c1-2-30-15(24)10-5-6-22-13-4-3-12(23(28)29)7-11(13)9-19(14(22)8-10)16(25)20-18(27)21-17(19)26/h3-4,7,10,14H,2,5-6,8-9H2,1H3,(H2,20,21,25,26,27)/t10-,14+/m1/s1. The number of carbonyl (C=O) groups is 4. The maximum atomic E-state index is 13.0. The molecule has 0 bridgehead atoms. The first-order valence-corrected chi connectivity index (χ1v) is 9.65. The summed E-state index contributed by atoms with van der Waals surface area (Å²) in [6, 6.07) is 2.70. The fourth-order valence-electron chi connectivity index (χ4n) is 4.75. The zero-order chi connectivity index (χ0) is 21.6. The SMILES string of the molecule is CCOC(=O)[C@@H]1CCN2c3ccc([N+](=O)[O-])cc3CC3(C(=O)NC(=O)NC3=O)[C@@H]2C1. The number of nitrogens with one attached hydrogen (secondary N) is 2. The van der Waals surface area contributed by atoms with Gasteiger partial charge in [0.25, 0.3) is 5.69 Å². The Bertz CT molecular complexity index is 956. The third kappa shape index (κ3) is 2.88. The molecule has 1 aromatic carbocycles. The number of barbiturate groups is 1. The van der Waals surface area contributed by atoms with Crippen LogP contribution < -0.4 is 15.5 Å². The summed E-state index contributed by atoms with van der Waals surface area (Å²) in [5, 5.41) is 15.5. The number of carbonyl (C=O) groups excluding carboxylic acids is 4. The van der Waals surface area contributed by atoms with E-state index < -0.39 is 46.1 Å². The first-order chi connectivity index (χ1) is 14.3. The van der Waals surface area contributed by atoms with Gasteiger partial charge in [-0.3, -0.25) is 35.1 Å². The molecule has 3 aliphatic rings. The van der Waals surface area contributed by atoms with E-state index in [9.17, 15) is 29.3 Å². The van der Waals surface area contributed by atoms with Crippen LogP contribution in [-0.4, -0.2) is 47.9 Å². The molecule has 0 saturated carbocycles. The van der Waals surface area contributed by atoms with Crippen LogP contribution in [0.15, 0.2) is 18.2 Å². The number of imide groups is 2. The molecule has 1 aromatic rings. The number of ether oxygens (including phenoxy) is 1. The van der Waals surface area contributed by atoms with Crippen LogP contribution in [0.2, 0.25) is 0 Å². The average Bonchev–Trinajstić information content (AvgIpc) is 2.71. The number of hydrogen-bond acceptors (Lipinski definition) is 8. The molecule has 0 unspecified atom stereocenters. The third-order valence-corrected chi connectivity index (χ3v) is 6.11. The Morgan fingerprint density at radius 2 is 2.00 bits per heavy atom. The molecular weight excluding hydrogens is 396 g/mol. The zero-order valence-corrected chi connectivity index (χ0v) is 16.2.